The van der Waals surface area contributed by atoms with Gasteiger partial charge in [-0.3, -0.25) is 9.69 Å². The molecule has 2 heterocycles. The fourth-order valence-electron chi connectivity index (χ4n) is 2.88. The third kappa shape index (κ3) is 3.03. The molecule has 0 aromatic heterocycles. The van der Waals surface area contributed by atoms with E-state index >= 15 is 0 Å². The second-order valence-corrected chi connectivity index (χ2v) is 7.47. The molecule has 0 saturated carbocycles. The molecule has 0 bridgehead atoms. The first-order chi connectivity index (χ1) is 10.7. The fourth-order valence-corrected chi connectivity index (χ4v) is 2.88. The summed E-state index contributed by atoms with van der Waals surface area (Å²) in [6.45, 7) is 10.2. The van der Waals surface area contributed by atoms with Gasteiger partial charge in [-0.1, -0.05) is 12.1 Å². The molecule has 0 aliphatic carbocycles. The molecule has 0 spiro atoms. The summed E-state index contributed by atoms with van der Waals surface area (Å²) in [5, 5.41) is 0. The Kier molecular flexibility index (Phi) is 4.03. The lowest BCUT2D eigenvalue weighted by molar-refractivity contribution is -0.120. The minimum absolute atomic E-state index is 0.129. The molecule has 0 N–H and O–H groups in total. The predicted octanol–water partition coefficient (Wildman–Crippen LogP) is 1.26. The number of hydrogen-bond donors (Lipinski definition) is 0. The van der Waals surface area contributed by atoms with Crippen molar-refractivity contribution in [2.45, 2.75) is 38.9 Å². The first-order valence-electron chi connectivity index (χ1n) is 8.14. The molecule has 124 valence electrons. The molecule has 1 aromatic carbocycles. The van der Waals surface area contributed by atoms with Crippen LogP contribution in [-0.4, -0.2) is 55.8 Å². The van der Waals surface area contributed by atoms with E-state index in [0.29, 0.717) is 13.1 Å². The molecule has 5 nitrogen and oxygen atoms in total. The molecule has 3 rings (SSSR count). The van der Waals surface area contributed by atoms with E-state index in [2.05, 4.69) is 0 Å². The van der Waals surface area contributed by atoms with Gasteiger partial charge in [-0.25, -0.2) is 0 Å². The Labute approximate surface area is 138 Å². The summed E-state index contributed by atoms with van der Waals surface area (Å²) in [5.41, 5.74) is 1.14. The van der Waals surface area contributed by atoms with Crippen LogP contribution in [0.2, 0.25) is 0 Å². The quantitative estimate of drug-likeness (QED) is 0.771. The summed E-state index contributed by atoms with van der Waals surface area (Å²) in [7, 11) is 1.57. The van der Waals surface area contributed by atoms with Crippen molar-refractivity contribution in [2.24, 2.45) is 0 Å². The van der Waals surface area contributed by atoms with Gasteiger partial charge >= 0.3 is 7.12 Å². The Morgan fingerprint density at radius 1 is 1.09 bits per heavy atom. The average molecular weight is 316 g/mol. The van der Waals surface area contributed by atoms with Crippen LogP contribution in [0.25, 0.3) is 0 Å². The number of amides is 1. The van der Waals surface area contributed by atoms with Crippen LogP contribution < -0.4 is 10.4 Å². The first kappa shape index (κ1) is 16.5. The average Bonchev–Trinajstić information content (AvgIpc) is 2.68. The lowest BCUT2D eigenvalue weighted by Crippen LogP contribution is -2.49. The van der Waals surface area contributed by atoms with E-state index in [1.54, 1.807) is 0 Å². The second kappa shape index (κ2) is 5.62. The van der Waals surface area contributed by atoms with Crippen LogP contribution in [0.15, 0.2) is 24.3 Å². The molecule has 1 aromatic rings. The summed E-state index contributed by atoms with van der Waals surface area (Å²) in [6, 6.07) is 7.93. The molecule has 2 saturated heterocycles. The van der Waals surface area contributed by atoms with Crippen molar-refractivity contribution < 1.29 is 14.1 Å². The molecule has 6 heteroatoms. The molecule has 23 heavy (non-hydrogen) atoms. The third-order valence-electron chi connectivity index (χ3n) is 5.12. The molecular weight excluding hydrogens is 291 g/mol. The molecule has 1 amide bonds. The van der Waals surface area contributed by atoms with E-state index in [-0.39, 0.29) is 17.1 Å². The Balaban J connectivity index is 1.83. The summed E-state index contributed by atoms with van der Waals surface area (Å²) >= 11 is 0. The maximum atomic E-state index is 12.3. The van der Waals surface area contributed by atoms with Crippen molar-refractivity contribution in [3.05, 3.63) is 24.3 Å². The first-order valence-corrected chi connectivity index (χ1v) is 8.14. The summed E-state index contributed by atoms with van der Waals surface area (Å²) in [5.74, 6) is 0.129. The highest BCUT2D eigenvalue weighted by molar-refractivity contribution is 6.62. The molecule has 2 aliphatic rings. The minimum Gasteiger partial charge on any atom is -0.399 e. The molecule has 2 fully saturated rings. The van der Waals surface area contributed by atoms with Gasteiger partial charge in [0.25, 0.3) is 0 Å². The topological polar surface area (TPSA) is 42.0 Å². The molecule has 0 radical (unpaired) electrons. The lowest BCUT2D eigenvalue weighted by atomic mass is 9.79. The van der Waals surface area contributed by atoms with E-state index in [4.69, 9.17) is 9.31 Å². The van der Waals surface area contributed by atoms with Gasteiger partial charge < -0.3 is 14.2 Å². The Morgan fingerprint density at radius 2 is 1.74 bits per heavy atom. The van der Waals surface area contributed by atoms with Crippen LogP contribution in [0, 0.1) is 0 Å². The van der Waals surface area contributed by atoms with Crippen molar-refractivity contribution >= 4 is 24.2 Å². The number of carbonyl (C=O) groups is 1. The molecule has 0 unspecified atom stereocenters. The monoisotopic (exact) mass is 316 g/mol. The maximum absolute atomic E-state index is 12.3. The van der Waals surface area contributed by atoms with Gasteiger partial charge in [0.05, 0.1) is 17.7 Å². The molecule has 0 atom stereocenters. The summed E-state index contributed by atoms with van der Waals surface area (Å²) < 4.78 is 12.2. The zero-order valence-corrected chi connectivity index (χ0v) is 14.6. The largest absolute Gasteiger partial charge is 0.494 e. The minimum atomic E-state index is -0.400. The maximum Gasteiger partial charge on any atom is 0.494 e. The van der Waals surface area contributed by atoms with Crippen molar-refractivity contribution in [1.29, 1.82) is 0 Å². The summed E-state index contributed by atoms with van der Waals surface area (Å²) in [6.07, 6.45) is 0. The standard InChI is InChI=1S/C17H25BN2O3/c1-16(2)17(3,4)23-18(22-16)13-7-6-8-14(11-13)20-10-9-19(5)12-15(20)21/h6-8,11H,9-10,12H2,1-5H3. The third-order valence-corrected chi connectivity index (χ3v) is 5.12. The number of carbonyl (C=O) groups excluding carboxylic acids is 1. The van der Waals surface area contributed by atoms with Crippen molar-refractivity contribution in [2.75, 3.05) is 31.6 Å². The van der Waals surface area contributed by atoms with Crippen molar-refractivity contribution in [3.8, 4) is 0 Å². The van der Waals surface area contributed by atoms with E-state index in [1.165, 1.54) is 0 Å². The normalized spacial score (nSPS) is 24.3. The predicted molar refractivity (Wildman–Crippen MR) is 92.0 cm³/mol. The number of hydrogen-bond acceptors (Lipinski definition) is 4. The smallest absolute Gasteiger partial charge is 0.399 e. The van der Waals surface area contributed by atoms with Gasteiger partial charge in [-0.2, -0.15) is 0 Å². The van der Waals surface area contributed by atoms with Crippen LogP contribution in [0.4, 0.5) is 5.69 Å². The van der Waals surface area contributed by atoms with E-state index in [0.717, 1.165) is 17.7 Å². The van der Waals surface area contributed by atoms with Crippen molar-refractivity contribution in [1.82, 2.24) is 4.90 Å². The van der Waals surface area contributed by atoms with Crippen LogP contribution in [0.5, 0.6) is 0 Å². The van der Waals surface area contributed by atoms with Crippen LogP contribution in [-0.2, 0) is 14.1 Å². The van der Waals surface area contributed by atoms with Gasteiger partial charge in [0.15, 0.2) is 0 Å². The van der Waals surface area contributed by atoms with E-state index in [1.807, 2.05) is 68.8 Å². The summed E-state index contributed by atoms with van der Waals surface area (Å²) in [4.78, 5) is 16.1. The SMILES string of the molecule is CN1CCN(c2cccc(B3OC(C)(C)C(C)(C)O3)c2)C(=O)C1. The molecule has 2 aliphatic heterocycles. The van der Waals surface area contributed by atoms with Crippen LogP contribution in [0.3, 0.4) is 0 Å². The zero-order chi connectivity index (χ0) is 16.8. The van der Waals surface area contributed by atoms with Gasteiger partial charge in [-0.05, 0) is 52.3 Å². The Morgan fingerprint density at radius 3 is 2.35 bits per heavy atom. The highest BCUT2D eigenvalue weighted by Gasteiger charge is 2.51. The number of anilines is 1. The number of rotatable bonds is 2. The molecular formula is C17H25BN2O3. The van der Waals surface area contributed by atoms with Gasteiger partial charge in [-0.15, -0.1) is 0 Å². The number of piperazine rings is 1. The highest BCUT2D eigenvalue weighted by atomic mass is 16.7. The lowest BCUT2D eigenvalue weighted by Gasteiger charge is -2.32. The second-order valence-electron chi connectivity index (χ2n) is 7.47. The van der Waals surface area contributed by atoms with Crippen LogP contribution in [0.1, 0.15) is 27.7 Å². The number of likely N-dealkylation sites (N-methyl/N-ethyl adjacent to an activating group) is 1. The Bertz CT molecular complexity index is 602. The van der Waals surface area contributed by atoms with Gasteiger partial charge in [0.1, 0.15) is 0 Å². The van der Waals surface area contributed by atoms with Crippen LogP contribution >= 0.6 is 0 Å². The number of nitrogens with zero attached hydrogens (tertiary/aromatic N) is 2. The van der Waals surface area contributed by atoms with Gasteiger partial charge in [0, 0.05) is 18.8 Å². The number of benzene rings is 1. The fraction of sp³-hybridized carbons (Fsp3) is 0.588. The Hall–Kier alpha value is -1.37. The van der Waals surface area contributed by atoms with Gasteiger partial charge in [0.2, 0.25) is 5.91 Å². The van der Waals surface area contributed by atoms with E-state index < -0.39 is 7.12 Å². The van der Waals surface area contributed by atoms with Crippen molar-refractivity contribution in [3.63, 3.8) is 0 Å². The van der Waals surface area contributed by atoms with E-state index in [9.17, 15) is 4.79 Å². The highest BCUT2D eigenvalue weighted by Crippen LogP contribution is 2.36. The zero-order valence-electron chi connectivity index (χ0n) is 14.6.